The van der Waals surface area contributed by atoms with Crippen molar-refractivity contribution in [1.82, 2.24) is 0 Å². The second-order valence-corrected chi connectivity index (χ2v) is 6.35. The van der Waals surface area contributed by atoms with E-state index in [0.717, 1.165) is 6.54 Å². The molecule has 0 fully saturated rings. The number of unbranched alkanes of at least 4 members (excludes halogenated alkanes) is 3. The molecule has 0 aliphatic carbocycles. The number of hydrogen-bond donors (Lipinski definition) is 1. The minimum atomic E-state index is 0.379. The summed E-state index contributed by atoms with van der Waals surface area (Å²) in [5.74, 6) is 0. The molecule has 1 heteroatoms. The Morgan fingerprint density at radius 1 is 1.11 bits per heavy atom. The molecular weight excluding hydrogens is 230 g/mol. The van der Waals surface area contributed by atoms with Crippen LogP contribution < -0.4 is 5.73 Å². The number of hydrogen-bond acceptors (Lipinski definition) is 1. The van der Waals surface area contributed by atoms with Gasteiger partial charge in [-0.1, -0.05) is 63.3 Å². The Kier molecular flexibility index (Phi) is 9.95. The second-order valence-electron chi connectivity index (χ2n) is 6.35. The maximum atomic E-state index is 5.91. The second kappa shape index (κ2) is 10.3. The standard InChI is InChI=1S/C18H35N/c1-6-13-18(5,15-19)14-11-9-8-10-12-17(4)16(3)7-2/h7H,2,6,8-15,19H2,1,3-5H3/b17-16+. The number of nitrogens with two attached hydrogens (primary N) is 1. The van der Waals surface area contributed by atoms with E-state index >= 15 is 0 Å². The van der Waals surface area contributed by atoms with Crippen molar-refractivity contribution in [2.45, 2.75) is 79.1 Å². The fraction of sp³-hybridized carbons (Fsp3) is 0.778. The van der Waals surface area contributed by atoms with Crippen molar-refractivity contribution in [2.24, 2.45) is 11.1 Å². The summed E-state index contributed by atoms with van der Waals surface area (Å²) in [7, 11) is 0. The van der Waals surface area contributed by atoms with Crippen LogP contribution in [0.1, 0.15) is 79.1 Å². The minimum absolute atomic E-state index is 0.379. The molecule has 0 heterocycles. The van der Waals surface area contributed by atoms with Crippen molar-refractivity contribution in [3.05, 3.63) is 23.8 Å². The topological polar surface area (TPSA) is 26.0 Å². The van der Waals surface area contributed by atoms with Gasteiger partial charge in [-0.25, -0.2) is 0 Å². The average Bonchev–Trinajstić information content (AvgIpc) is 2.41. The lowest BCUT2D eigenvalue weighted by Gasteiger charge is -2.27. The maximum Gasteiger partial charge on any atom is -0.00232 e. The number of rotatable bonds is 11. The molecule has 0 amide bonds. The van der Waals surface area contributed by atoms with Gasteiger partial charge in [0.2, 0.25) is 0 Å². The third-order valence-electron chi connectivity index (χ3n) is 4.41. The van der Waals surface area contributed by atoms with E-state index in [1.807, 2.05) is 6.08 Å². The molecule has 1 atom stereocenters. The van der Waals surface area contributed by atoms with E-state index in [0.29, 0.717) is 5.41 Å². The molecule has 0 spiro atoms. The summed E-state index contributed by atoms with van der Waals surface area (Å²) in [4.78, 5) is 0. The van der Waals surface area contributed by atoms with Gasteiger partial charge in [0.1, 0.15) is 0 Å². The molecule has 0 saturated heterocycles. The summed E-state index contributed by atoms with van der Waals surface area (Å²) in [6.07, 6.45) is 12.3. The Bertz CT molecular complexity index is 277. The Labute approximate surface area is 121 Å². The lowest BCUT2D eigenvalue weighted by molar-refractivity contribution is 0.269. The molecule has 0 aromatic carbocycles. The van der Waals surface area contributed by atoms with Crippen molar-refractivity contribution in [3.63, 3.8) is 0 Å². The summed E-state index contributed by atoms with van der Waals surface area (Å²) in [6.45, 7) is 13.6. The van der Waals surface area contributed by atoms with Gasteiger partial charge in [-0.3, -0.25) is 0 Å². The Hall–Kier alpha value is -0.560. The van der Waals surface area contributed by atoms with Crippen molar-refractivity contribution in [1.29, 1.82) is 0 Å². The van der Waals surface area contributed by atoms with E-state index < -0.39 is 0 Å². The van der Waals surface area contributed by atoms with Crippen LogP contribution in [0.3, 0.4) is 0 Å². The van der Waals surface area contributed by atoms with Gasteiger partial charge in [-0.15, -0.1) is 0 Å². The molecule has 0 aliphatic heterocycles. The average molecular weight is 265 g/mol. The zero-order valence-electron chi connectivity index (χ0n) is 13.7. The highest BCUT2D eigenvalue weighted by atomic mass is 14.6. The first kappa shape index (κ1) is 18.4. The Balaban J connectivity index is 3.73. The van der Waals surface area contributed by atoms with Gasteiger partial charge < -0.3 is 5.73 Å². The molecule has 0 aromatic rings. The van der Waals surface area contributed by atoms with Crippen LogP contribution in [0.25, 0.3) is 0 Å². The van der Waals surface area contributed by atoms with Crippen LogP contribution in [0.2, 0.25) is 0 Å². The van der Waals surface area contributed by atoms with Crippen LogP contribution in [-0.4, -0.2) is 6.54 Å². The summed E-state index contributed by atoms with van der Waals surface area (Å²) >= 11 is 0. The van der Waals surface area contributed by atoms with Crippen LogP contribution in [0.5, 0.6) is 0 Å². The highest BCUT2D eigenvalue weighted by Gasteiger charge is 2.20. The van der Waals surface area contributed by atoms with Crippen LogP contribution in [0.4, 0.5) is 0 Å². The Morgan fingerprint density at radius 3 is 2.26 bits per heavy atom. The van der Waals surface area contributed by atoms with E-state index in [4.69, 9.17) is 5.73 Å². The monoisotopic (exact) mass is 265 g/mol. The largest absolute Gasteiger partial charge is 0.330 e. The molecule has 0 bridgehead atoms. The predicted octanol–water partition coefficient (Wildman–Crippen LogP) is 5.61. The van der Waals surface area contributed by atoms with Gasteiger partial charge in [-0.05, 0) is 51.5 Å². The predicted molar refractivity (Wildman–Crippen MR) is 88.3 cm³/mol. The van der Waals surface area contributed by atoms with Crippen molar-refractivity contribution < 1.29 is 0 Å². The molecular formula is C18H35N. The molecule has 1 nitrogen and oxygen atoms in total. The maximum absolute atomic E-state index is 5.91. The van der Waals surface area contributed by atoms with Gasteiger partial charge in [0.25, 0.3) is 0 Å². The van der Waals surface area contributed by atoms with Gasteiger partial charge in [0.15, 0.2) is 0 Å². The third-order valence-corrected chi connectivity index (χ3v) is 4.41. The van der Waals surface area contributed by atoms with E-state index in [1.54, 1.807) is 0 Å². The Morgan fingerprint density at radius 2 is 1.74 bits per heavy atom. The van der Waals surface area contributed by atoms with E-state index in [1.165, 1.54) is 62.5 Å². The highest BCUT2D eigenvalue weighted by molar-refractivity contribution is 5.19. The van der Waals surface area contributed by atoms with Gasteiger partial charge in [-0.2, -0.15) is 0 Å². The zero-order chi connectivity index (χ0) is 14.7. The fourth-order valence-corrected chi connectivity index (χ4v) is 2.60. The molecule has 0 aromatic heterocycles. The first-order chi connectivity index (χ1) is 8.99. The summed E-state index contributed by atoms with van der Waals surface area (Å²) in [6, 6.07) is 0. The first-order valence-electron chi connectivity index (χ1n) is 7.98. The van der Waals surface area contributed by atoms with Gasteiger partial charge in [0, 0.05) is 0 Å². The van der Waals surface area contributed by atoms with E-state index in [2.05, 4.69) is 34.3 Å². The zero-order valence-corrected chi connectivity index (χ0v) is 13.7. The number of allylic oxidation sites excluding steroid dienone is 3. The summed E-state index contributed by atoms with van der Waals surface area (Å²) in [5.41, 5.74) is 9.13. The molecule has 0 rings (SSSR count). The molecule has 2 N–H and O–H groups in total. The molecule has 112 valence electrons. The van der Waals surface area contributed by atoms with Gasteiger partial charge >= 0.3 is 0 Å². The lowest BCUT2D eigenvalue weighted by atomic mass is 9.80. The van der Waals surface area contributed by atoms with Crippen molar-refractivity contribution in [3.8, 4) is 0 Å². The molecule has 0 aliphatic rings. The van der Waals surface area contributed by atoms with Crippen molar-refractivity contribution in [2.75, 3.05) is 6.54 Å². The third kappa shape index (κ3) is 8.26. The molecule has 19 heavy (non-hydrogen) atoms. The summed E-state index contributed by atoms with van der Waals surface area (Å²) < 4.78 is 0. The SMILES string of the molecule is C=C/C(C)=C(\C)CCCCCCC(C)(CN)CCC. The first-order valence-corrected chi connectivity index (χ1v) is 7.98. The van der Waals surface area contributed by atoms with E-state index in [-0.39, 0.29) is 0 Å². The molecule has 0 radical (unpaired) electrons. The van der Waals surface area contributed by atoms with Crippen LogP contribution >= 0.6 is 0 Å². The smallest absolute Gasteiger partial charge is 0.00232 e. The normalized spacial score (nSPS) is 15.8. The minimum Gasteiger partial charge on any atom is -0.330 e. The quantitative estimate of drug-likeness (QED) is 0.381. The fourth-order valence-electron chi connectivity index (χ4n) is 2.60. The van der Waals surface area contributed by atoms with Crippen molar-refractivity contribution >= 4 is 0 Å². The summed E-state index contributed by atoms with van der Waals surface area (Å²) in [5, 5.41) is 0. The highest BCUT2D eigenvalue weighted by Crippen LogP contribution is 2.29. The molecule has 1 unspecified atom stereocenters. The molecule has 0 saturated carbocycles. The van der Waals surface area contributed by atoms with Gasteiger partial charge in [0.05, 0.1) is 0 Å². The van der Waals surface area contributed by atoms with Crippen LogP contribution in [-0.2, 0) is 0 Å². The van der Waals surface area contributed by atoms with Crippen LogP contribution in [0.15, 0.2) is 23.8 Å². The van der Waals surface area contributed by atoms with Crippen LogP contribution in [0, 0.1) is 5.41 Å². The lowest BCUT2D eigenvalue weighted by Crippen LogP contribution is -2.26. The van der Waals surface area contributed by atoms with E-state index in [9.17, 15) is 0 Å².